The predicted molar refractivity (Wildman–Crippen MR) is 81.3 cm³/mol. The number of amides is 1. The van der Waals surface area contributed by atoms with E-state index in [2.05, 4.69) is 17.1 Å². The lowest BCUT2D eigenvalue weighted by Crippen LogP contribution is -2.42. The van der Waals surface area contributed by atoms with Gasteiger partial charge in [0, 0.05) is 18.2 Å². The topological polar surface area (TPSA) is 75.5 Å². The van der Waals surface area contributed by atoms with Gasteiger partial charge in [0.2, 0.25) is 5.91 Å². The van der Waals surface area contributed by atoms with Crippen molar-refractivity contribution >= 4 is 17.3 Å². The van der Waals surface area contributed by atoms with E-state index in [-0.39, 0.29) is 11.6 Å². The molecule has 0 spiro atoms. The molecule has 1 heterocycles. The second-order valence-corrected chi connectivity index (χ2v) is 5.62. The lowest BCUT2D eigenvalue weighted by molar-refractivity contribution is -0.384. The molecule has 1 saturated heterocycles. The molecule has 1 aromatic rings. The average molecular weight is 291 g/mol. The molecule has 0 aliphatic carbocycles. The van der Waals surface area contributed by atoms with E-state index in [0.29, 0.717) is 18.3 Å². The zero-order valence-electron chi connectivity index (χ0n) is 12.5. The van der Waals surface area contributed by atoms with Gasteiger partial charge in [-0.1, -0.05) is 12.5 Å². The zero-order chi connectivity index (χ0) is 15.4. The van der Waals surface area contributed by atoms with Crippen molar-refractivity contribution in [1.29, 1.82) is 0 Å². The van der Waals surface area contributed by atoms with E-state index < -0.39 is 4.92 Å². The van der Waals surface area contributed by atoms with Gasteiger partial charge >= 0.3 is 0 Å². The van der Waals surface area contributed by atoms with Crippen LogP contribution in [0.1, 0.15) is 31.7 Å². The standard InChI is InChI=1S/C15H21N3O3/c1-11-6-7-13(18(20)21)9-14(11)16-15(19)10-17-8-4-3-5-12(17)2/h6-7,9,12H,3-5,8,10H2,1-2H3,(H,16,19). The van der Waals surface area contributed by atoms with Gasteiger partial charge in [-0.05, 0) is 38.8 Å². The summed E-state index contributed by atoms with van der Waals surface area (Å²) in [4.78, 5) is 24.6. The minimum absolute atomic E-state index is 0.0118. The number of carbonyl (C=O) groups excluding carboxylic acids is 1. The first-order chi connectivity index (χ1) is 9.97. The molecule has 0 saturated carbocycles. The summed E-state index contributed by atoms with van der Waals surface area (Å²) < 4.78 is 0. The van der Waals surface area contributed by atoms with Crippen molar-refractivity contribution in [2.45, 2.75) is 39.2 Å². The summed E-state index contributed by atoms with van der Waals surface area (Å²) >= 11 is 0. The van der Waals surface area contributed by atoms with Crippen LogP contribution in [-0.4, -0.2) is 34.9 Å². The number of nitro benzene ring substituents is 1. The fraction of sp³-hybridized carbons (Fsp3) is 0.533. The van der Waals surface area contributed by atoms with E-state index >= 15 is 0 Å². The summed E-state index contributed by atoms with van der Waals surface area (Å²) in [5, 5.41) is 13.6. The normalized spacial score (nSPS) is 19.2. The summed E-state index contributed by atoms with van der Waals surface area (Å²) in [5.74, 6) is -0.118. The first-order valence-corrected chi connectivity index (χ1v) is 7.26. The second kappa shape index (κ2) is 6.67. The number of aryl methyl sites for hydroxylation is 1. The molecule has 6 nitrogen and oxygen atoms in total. The molecule has 2 rings (SSSR count). The van der Waals surface area contributed by atoms with Gasteiger partial charge in [-0.25, -0.2) is 0 Å². The Morgan fingerprint density at radius 2 is 2.24 bits per heavy atom. The highest BCUT2D eigenvalue weighted by atomic mass is 16.6. The third kappa shape index (κ3) is 4.01. The number of piperidine rings is 1. The Balaban J connectivity index is 2.02. The average Bonchev–Trinajstić information content (AvgIpc) is 2.43. The lowest BCUT2D eigenvalue weighted by Gasteiger charge is -2.32. The minimum atomic E-state index is -0.457. The van der Waals surface area contributed by atoms with Crippen molar-refractivity contribution in [1.82, 2.24) is 4.90 Å². The molecule has 1 fully saturated rings. The predicted octanol–water partition coefficient (Wildman–Crippen LogP) is 2.72. The van der Waals surface area contributed by atoms with Gasteiger partial charge in [0.15, 0.2) is 0 Å². The van der Waals surface area contributed by atoms with Crippen LogP contribution in [0.4, 0.5) is 11.4 Å². The first kappa shape index (κ1) is 15.4. The molecule has 0 bridgehead atoms. The molecular formula is C15H21N3O3. The number of non-ortho nitro benzene ring substituents is 1. The summed E-state index contributed by atoms with van der Waals surface area (Å²) in [5.41, 5.74) is 1.32. The molecule has 1 aliphatic rings. The van der Waals surface area contributed by atoms with Crippen LogP contribution in [0.15, 0.2) is 18.2 Å². The minimum Gasteiger partial charge on any atom is -0.324 e. The van der Waals surface area contributed by atoms with E-state index in [4.69, 9.17) is 0 Å². The third-order valence-corrected chi connectivity index (χ3v) is 3.99. The maximum atomic E-state index is 12.1. The number of benzene rings is 1. The highest BCUT2D eigenvalue weighted by Crippen LogP contribution is 2.22. The fourth-order valence-electron chi connectivity index (χ4n) is 2.62. The summed E-state index contributed by atoms with van der Waals surface area (Å²) in [6.07, 6.45) is 3.44. The zero-order valence-corrected chi connectivity index (χ0v) is 12.5. The molecule has 114 valence electrons. The number of likely N-dealkylation sites (tertiary alicyclic amines) is 1. The van der Waals surface area contributed by atoms with Gasteiger partial charge in [0.25, 0.3) is 5.69 Å². The Hall–Kier alpha value is -1.95. The first-order valence-electron chi connectivity index (χ1n) is 7.26. The van der Waals surface area contributed by atoms with Crippen LogP contribution in [0, 0.1) is 17.0 Å². The van der Waals surface area contributed by atoms with E-state index in [1.165, 1.54) is 18.6 Å². The Labute approximate surface area is 124 Å². The summed E-state index contributed by atoms with van der Waals surface area (Å²) in [6.45, 7) is 5.22. The van der Waals surface area contributed by atoms with E-state index in [1.807, 2.05) is 6.92 Å². The van der Waals surface area contributed by atoms with E-state index in [9.17, 15) is 14.9 Å². The molecule has 21 heavy (non-hydrogen) atoms. The van der Waals surface area contributed by atoms with Crippen molar-refractivity contribution in [2.24, 2.45) is 0 Å². The molecular weight excluding hydrogens is 270 g/mol. The van der Waals surface area contributed by atoms with Crippen LogP contribution < -0.4 is 5.32 Å². The molecule has 6 heteroatoms. The highest BCUT2D eigenvalue weighted by Gasteiger charge is 2.21. The molecule has 1 atom stereocenters. The van der Waals surface area contributed by atoms with Crippen LogP contribution in [0.25, 0.3) is 0 Å². The van der Waals surface area contributed by atoms with Gasteiger partial charge < -0.3 is 5.32 Å². The largest absolute Gasteiger partial charge is 0.324 e. The second-order valence-electron chi connectivity index (χ2n) is 5.62. The number of nitrogens with zero attached hydrogens (tertiary/aromatic N) is 2. The van der Waals surface area contributed by atoms with Gasteiger partial charge in [0.1, 0.15) is 0 Å². The summed E-state index contributed by atoms with van der Waals surface area (Å²) in [7, 11) is 0. The maximum absolute atomic E-state index is 12.1. The molecule has 0 radical (unpaired) electrons. The van der Waals surface area contributed by atoms with Gasteiger partial charge in [0.05, 0.1) is 17.2 Å². The maximum Gasteiger partial charge on any atom is 0.271 e. The fourth-order valence-corrected chi connectivity index (χ4v) is 2.62. The third-order valence-electron chi connectivity index (χ3n) is 3.99. The van der Waals surface area contributed by atoms with Crippen molar-refractivity contribution < 1.29 is 9.72 Å². The van der Waals surface area contributed by atoms with Crippen molar-refractivity contribution in [3.8, 4) is 0 Å². The van der Waals surface area contributed by atoms with E-state index in [0.717, 1.165) is 24.9 Å². The van der Waals surface area contributed by atoms with Gasteiger partial charge in [-0.3, -0.25) is 19.8 Å². The van der Waals surface area contributed by atoms with Crippen LogP contribution in [0.3, 0.4) is 0 Å². The Morgan fingerprint density at radius 3 is 2.90 bits per heavy atom. The summed E-state index contributed by atoms with van der Waals surface area (Å²) in [6, 6.07) is 4.91. The van der Waals surface area contributed by atoms with Crippen LogP contribution in [0.5, 0.6) is 0 Å². The van der Waals surface area contributed by atoms with Gasteiger partial charge in [-0.15, -0.1) is 0 Å². The van der Waals surface area contributed by atoms with Crippen molar-refractivity contribution in [2.75, 3.05) is 18.4 Å². The van der Waals surface area contributed by atoms with Crippen LogP contribution >= 0.6 is 0 Å². The number of carbonyl (C=O) groups is 1. The van der Waals surface area contributed by atoms with Crippen molar-refractivity contribution in [3.63, 3.8) is 0 Å². The smallest absolute Gasteiger partial charge is 0.271 e. The van der Waals surface area contributed by atoms with Crippen LogP contribution in [-0.2, 0) is 4.79 Å². The number of nitro groups is 1. The number of nitrogens with one attached hydrogen (secondary N) is 1. The molecule has 1 aliphatic heterocycles. The monoisotopic (exact) mass is 291 g/mol. The van der Waals surface area contributed by atoms with E-state index in [1.54, 1.807) is 6.07 Å². The molecule has 1 unspecified atom stereocenters. The number of rotatable bonds is 4. The molecule has 0 aromatic heterocycles. The number of hydrogen-bond donors (Lipinski definition) is 1. The molecule has 1 N–H and O–H groups in total. The Morgan fingerprint density at radius 1 is 1.48 bits per heavy atom. The Kier molecular flexibility index (Phi) is 4.90. The van der Waals surface area contributed by atoms with Crippen molar-refractivity contribution in [3.05, 3.63) is 33.9 Å². The highest BCUT2D eigenvalue weighted by molar-refractivity contribution is 5.93. The number of anilines is 1. The van der Waals surface area contributed by atoms with Gasteiger partial charge in [-0.2, -0.15) is 0 Å². The molecule has 1 amide bonds. The SMILES string of the molecule is Cc1ccc([N+](=O)[O-])cc1NC(=O)CN1CCCCC1C. The molecule has 1 aromatic carbocycles. The lowest BCUT2D eigenvalue weighted by atomic mass is 10.0. The Bertz CT molecular complexity index is 545. The van der Waals surface area contributed by atoms with Crippen LogP contribution in [0.2, 0.25) is 0 Å². The quantitative estimate of drug-likeness (QED) is 0.683. The number of hydrogen-bond acceptors (Lipinski definition) is 4.